The van der Waals surface area contributed by atoms with E-state index in [-0.39, 0.29) is 17.9 Å². The summed E-state index contributed by atoms with van der Waals surface area (Å²) < 4.78 is 6.95. The van der Waals surface area contributed by atoms with Gasteiger partial charge in [0.2, 0.25) is 5.95 Å². The maximum atomic E-state index is 5.90. The highest BCUT2D eigenvalue weighted by molar-refractivity contribution is 6.34. The summed E-state index contributed by atoms with van der Waals surface area (Å²) in [6.07, 6.45) is 3.27. The van der Waals surface area contributed by atoms with Crippen molar-refractivity contribution >= 4 is 29.2 Å². The molecule has 0 aliphatic carbocycles. The zero-order valence-corrected chi connectivity index (χ0v) is 12.0. The molecule has 0 amide bonds. The first-order valence-corrected chi connectivity index (χ1v) is 6.51. The molecular formula is C12H8Cl2N6O. The maximum Gasteiger partial charge on any atom is 0.328 e. The van der Waals surface area contributed by atoms with Gasteiger partial charge < -0.3 is 10.5 Å². The molecule has 0 unspecified atom stereocenters. The first kappa shape index (κ1) is 13.6. The van der Waals surface area contributed by atoms with E-state index in [1.165, 1.54) is 4.68 Å². The smallest absolute Gasteiger partial charge is 0.328 e. The highest BCUT2D eigenvalue weighted by atomic mass is 35.5. The van der Waals surface area contributed by atoms with E-state index in [4.69, 9.17) is 33.7 Å². The number of ether oxygens (including phenoxy) is 1. The minimum atomic E-state index is 0.0126. The van der Waals surface area contributed by atoms with Crippen molar-refractivity contribution in [3.63, 3.8) is 0 Å². The summed E-state index contributed by atoms with van der Waals surface area (Å²) in [7, 11) is 0. The van der Waals surface area contributed by atoms with Crippen LogP contribution in [0.5, 0.6) is 11.8 Å². The van der Waals surface area contributed by atoms with Crippen molar-refractivity contribution in [3.05, 3.63) is 46.7 Å². The Labute approximate surface area is 129 Å². The highest BCUT2D eigenvalue weighted by Gasteiger charge is 2.09. The minimum Gasteiger partial charge on any atom is -0.424 e. The number of anilines is 1. The summed E-state index contributed by atoms with van der Waals surface area (Å²) in [6.45, 7) is 0. The largest absolute Gasteiger partial charge is 0.424 e. The van der Waals surface area contributed by atoms with Crippen molar-refractivity contribution in [3.8, 4) is 17.7 Å². The SMILES string of the molecule is Nc1nc(Oc2cc(Cl)cc(Cl)c2)nc(-n2cccn2)n1. The van der Waals surface area contributed by atoms with Gasteiger partial charge in [0.1, 0.15) is 5.75 Å². The lowest BCUT2D eigenvalue weighted by molar-refractivity contribution is 0.438. The number of nitrogen functional groups attached to an aromatic ring is 1. The third kappa shape index (κ3) is 3.21. The predicted molar refractivity (Wildman–Crippen MR) is 77.9 cm³/mol. The van der Waals surface area contributed by atoms with Crippen molar-refractivity contribution < 1.29 is 4.74 Å². The lowest BCUT2D eigenvalue weighted by Gasteiger charge is -2.07. The third-order valence-electron chi connectivity index (χ3n) is 2.37. The normalized spacial score (nSPS) is 10.6. The summed E-state index contributed by atoms with van der Waals surface area (Å²) in [5.41, 5.74) is 5.64. The molecule has 3 rings (SSSR count). The van der Waals surface area contributed by atoms with Crippen LogP contribution < -0.4 is 10.5 Å². The molecule has 0 spiro atoms. The highest BCUT2D eigenvalue weighted by Crippen LogP contribution is 2.27. The standard InChI is InChI=1S/C12H8Cl2N6O/c13-7-4-8(14)6-9(5-7)21-12-18-10(15)17-11(19-12)20-3-1-2-16-20/h1-6H,(H2,15,17,18,19). The fraction of sp³-hybridized carbons (Fsp3) is 0. The maximum absolute atomic E-state index is 5.90. The summed E-state index contributed by atoms with van der Waals surface area (Å²) >= 11 is 11.8. The van der Waals surface area contributed by atoms with Gasteiger partial charge in [-0.25, -0.2) is 4.68 Å². The molecule has 0 aliphatic rings. The summed E-state index contributed by atoms with van der Waals surface area (Å²) in [5.74, 6) is 0.652. The van der Waals surface area contributed by atoms with E-state index >= 15 is 0 Å². The van der Waals surface area contributed by atoms with Crippen molar-refractivity contribution in [2.75, 3.05) is 5.73 Å². The van der Waals surface area contributed by atoms with Gasteiger partial charge in [-0.15, -0.1) is 0 Å². The summed E-state index contributed by atoms with van der Waals surface area (Å²) in [6, 6.07) is 6.51. The molecule has 21 heavy (non-hydrogen) atoms. The second kappa shape index (κ2) is 5.55. The molecule has 0 atom stereocenters. The van der Waals surface area contributed by atoms with Gasteiger partial charge in [-0.2, -0.15) is 20.1 Å². The third-order valence-corrected chi connectivity index (χ3v) is 2.81. The Hall–Kier alpha value is -2.38. The van der Waals surface area contributed by atoms with Crippen LogP contribution in [0.15, 0.2) is 36.7 Å². The van der Waals surface area contributed by atoms with Crippen LogP contribution in [0.3, 0.4) is 0 Å². The van der Waals surface area contributed by atoms with Crippen LogP contribution in [-0.2, 0) is 0 Å². The topological polar surface area (TPSA) is 91.7 Å². The number of benzene rings is 1. The molecule has 3 aromatic rings. The van der Waals surface area contributed by atoms with Gasteiger partial charge in [0.05, 0.1) is 0 Å². The zero-order valence-electron chi connectivity index (χ0n) is 10.4. The number of nitrogens with two attached hydrogens (primary N) is 1. The first-order valence-electron chi connectivity index (χ1n) is 5.76. The van der Waals surface area contributed by atoms with Crippen molar-refractivity contribution in [2.45, 2.75) is 0 Å². The molecular weight excluding hydrogens is 315 g/mol. The second-order valence-electron chi connectivity index (χ2n) is 3.93. The van der Waals surface area contributed by atoms with Crippen molar-refractivity contribution in [2.24, 2.45) is 0 Å². The average Bonchev–Trinajstić information content (AvgIpc) is 2.90. The van der Waals surface area contributed by atoms with Gasteiger partial charge >= 0.3 is 6.01 Å². The quantitative estimate of drug-likeness (QED) is 0.797. The number of aromatic nitrogens is 5. The number of rotatable bonds is 3. The van der Waals surface area contributed by atoms with Crippen LogP contribution in [0.4, 0.5) is 5.95 Å². The molecule has 2 aromatic heterocycles. The second-order valence-corrected chi connectivity index (χ2v) is 4.81. The predicted octanol–water partition coefficient (Wildman–Crippen LogP) is 2.74. The lowest BCUT2D eigenvalue weighted by atomic mass is 10.3. The zero-order chi connectivity index (χ0) is 14.8. The van der Waals surface area contributed by atoms with Crippen LogP contribution in [0.2, 0.25) is 10.0 Å². The van der Waals surface area contributed by atoms with E-state index in [9.17, 15) is 0 Å². The molecule has 7 nitrogen and oxygen atoms in total. The molecule has 0 bridgehead atoms. The Morgan fingerprint density at radius 3 is 2.48 bits per heavy atom. The molecule has 0 saturated heterocycles. The van der Waals surface area contributed by atoms with Gasteiger partial charge in [0, 0.05) is 22.4 Å². The first-order chi connectivity index (χ1) is 10.1. The van der Waals surface area contributed by atoms with Crippen LogP contribution in [0.25, 0.3) is 5.95 Å². The molecule has 2 N–H and O–H groups in total. The molecule has 0 aliphatic heterocycles. The van der Waals surface area contributed by atoms with E-state index in [0.717, 1.165) is 0 Å². The molecule has 106 valence electrons. The number of hydrogen-bond donors (Lipinski definition) is 1. The molecule has 9 heteroatoms. The summed E-state index contributed by atoms with van der Waals surface area (Å²) in [5, 5.41) is 4.89. The van der Waals surface area contributed by atoms with E-state index in [0.29, 0.717) is 15.8 Å². The molecule has 2 heterocycles. The molecule has 0 radical (unpaired) electrons. The van der Waals surface area contributed by atoms with Gasteiger partial charge in [-0.05, 0) is 24.3 Å². The average molecular weight is 323 g/mol. The van der Waals surface area contributed by atoms with Gasteiger partial charge in [0.25, 0.3) is 5.95 Å². The number of nitrogens with zero attached hydrogens (tertiary/aromatic N) is 5. The van der Waals surface area contributed by atoms with Crippen LogP contribution in [-0.4, -0.2) is 24.7 Å². The Bertz CT molecular complexity index is 757. The fourth-order valence-electron chi connectivity index (χ4n) is 1.59. The van der Waals surface area contributed by atoms with Gasteiger partial charge in [-0.1, -0.05) is 23.2 Å². The minimum absolute atomic E-state index is 0.0126. The Morgan fingerprint density at radius 2 is 1.81 bits per heavy atom. The van der Waals surface area contributed by atoms with E-state index in [1.807, 2.05) is 0 Å². The monoisotopic (exact) mass is 322 g/mol. The molecule has 1 aromatic carbocycles. The Morgan fingerprint density at radius 1 is 1.05 bits per heavy atom. The lowest BCUT2D eigenvalue weighted by Crippen LogP contribution is -2.07. The molecule has 0 saturated carbocycles. The van der Waals surface area contributed by atoms with E-state index < -0.39 is 0 Å². The van der Waals surface area contributed by atoms with Crippen molar-refractivity contribution in [1.29, 1.82) is 0 Å². The fourth-order valence-corrected chi connectivity index (χ4v) is 2.10. The van der Waals surface area contributed by atoms with Crippen molar-refractivity contribution in [1.82, 2.24) is 24.7 Å². The number of halogens is 2. The van der Waals surface area contributed by atoms with E-state index in [1.54, 1.807) is 36.7 Å². The summed E-state index contributed by atoms with van der Waals surface area (Å²) in [4.78, 5) is 12.0. The number of hydrogen-bond acceptors (Lipinski definition) is 6. The van der Waals surface area contributed by atoms with Crippen LogP contribution >= 0.6 is 23.2 Å². The Kier molecular flexibility index (Phi) is 3.59. The van der Waals surface area contributed by atoms with E-state index in [2.05, 4.69) is 20.1 Å². The van der Waals surface area contributed by atoms with Gasteiger partial charge in [0.15, 0.2) is 0 Å². The van der Waals surface area contributed by atoms with Gasteiger partial charge in [-0.3, -0.25) is 0 Å². The van der Waals surface area contributed by atoms with Crippen LogP contribution in [0, 0.1) is 0 Å². The molecule has 0 fully saturated rings. The van der Waals surface area contributed by atoms with Crippen LogP contribution in [0.1, 0.15) is 0 Å². The Balaban J connectivity index is 1.95.